The lowest BCUT2D eigenvalue weighted by atomic mass is 9.76. The maximum Gasteiger partial charge on any atom is 0.408 e. The topological polar surface area (TPSA) is 70.6 Å². The average molecular weight is 306 g/mol. The first-order valence-electron chi connectivity index (χ1n) is 7.78. The van der Waals surface area contributed by atoms with Crippen molar-refractivity contribution in [3.63, 3.8) is 0 Å². The van der Waals surface area contributed by atoms with Gasteiger partial charge in [-0.1, -0.05) is 12.1 Å². The molecule has 0 atom stereocenters. The Balaban J connectivity index is 1.81. The summed E-state index contributed by atoms with van der Waals surface area (Å²) in [6.07, 6.45) is 2.71. The molecule has 0 spiro atoms. The molecule has 5 heteroatoms. The van der Waals surface area contributed by atoms with Gasteiger partial charge < -0.3 is 20.5 Å². The van der Waals surface area contributed by atoms with Crippen molar-refractivity contribution in [3.05, 3.63) is 29.8 Å². The zero-order valence-electron chi connectivity index (χ0n) is 13.6. The Morgan fingerprint density at radius 3 is 2.41 bits per heavy atom. The zero-order valence-corrected chi connectivity index (χ0v) is 13.6. The molecule has 1 aromatic carbocycles. The number of carbonyl (C=O) groups excluding carboxylic acids is 1. The molecule has 1 fully saturated rings. The summed E-state index contributed by atoms with van der Waals surface area (Å²) in [4.78, 5) is 11.9. The van der Waals surface area contributed by atoms with Crippen LogP contribution in [0.15, 0.2) is 24.3 Å². The molecule has 0 aliphatic heterocycles. The lowest BCUT2D eigenvalue weighted by molar-refractivity contribution is 0.0382. The van der Waals surface area contributed by atoms with Crippen LogP contribution in [0.4, 0.5) is 4.79 Å². The van der Waals surface area contributed by atoms with E-state index in [4.69, 9.17) is 4.74 Å². The molecule has 3 N–H and O–H groups in total. The third-order valence-corrected chi connectivity index (χ3v) is 3.81. The number of hydrogen-bond donors (Lipinski definition) is 3. The third-order valence-electron chi connectivity index (χ3n) is 3.81. The van der Waals surface area contributed by atoms with Crippen LogP contribution in [-0.4, -0.2) is 28.9 Å². The number of phenols is 1. The van der Waals surface area contributed by atoms with E-state index in [1.807, 2.05) is 32.9 Å². The van der Waals surface area contributed by atoms with Gasteiger partial charge >= 0.3 is 6.09 Å². The van der Waals surface area contributed by atoms with Gasteiger partial charge in [0, 0.05) is 13.1 Å². The summed E-state index contributed by atoms with van der Waals surface area (Å²) in [5.41, 5.74) is 0.429. The van der Waals surface area contributed by atoms with Crippen molar-refractivity contribution >= 4 is 6.09 Å². The summed E-state index contributed by atoms with van der Waals surface area (Å²) in [5.74, 6) is 0.269. The van der Waals surface area contributed by atoms with Crippen LogP contribution in [0, 0.1) is 0 Å². The van der Waals surface area contributed by atoms with E-state index in [0.717, 1.165) is 24.8 Å². The van der Waals surface area contributed by atoms with E-state index in [2.05, 4.69) is 10.6 Å². The van der Waals surface area contributed by atoms with Crippen molar-refractivity contribution in [1.82, 2.24) is 10.6 Å². The van der Waals surface area contributed by atoms with Crippen LogP contribution in [-0.2, 0) is 11.3 Å². The first-order valence-corrected chi connectivity index (χ1v) is 7.78. The molecular weight excluding hydrogens is 280 g/mol. The maximum atomic E-state index is 11.9. The quantitative estimate of drug-likeness (QED) is 0.782. The molecule has 1 amide bonds. The number of hydrogen-bond acceptors (Lipinski definition) is 4. The van der Waals surface area contributed by atoms with Gasteiger partial charge in [0.25, 0.3) is 0 Å². The van der Waals surface area contributed by atoms with Gasteiger partial charge in [0.15, 0.2) is 0 Å². The number of alkyl carbamates (subject to hydrolysis) is 1. The largest absolute Gasteiger partial charge is 0.508 e. The third kappa shape index (κ3) is 4.91. The Morgan fingerprint density at radius 1 is 1.27 bits per heavy atom. The van der Waals surface area contributed by atoms with Crippen LogP contribution in [0.3, 0.4) is 0 Å². The van der Waals surface area contributed by atoms with E-state index in [9.17, 15) is 9.90 Å². The molecule has 1 aliphatic rings. The second-order valence-electron chi connectivity index (χ2n) is 7.03. The number of phenolic OH excluding ortho intramolecular Hbond substituents is 1. The number of ether oxygens (including phenoxy) is 1. The van der Waals surface area contributed by atoms with Gasteiger partial charge in [-0.15, -0.1) is 0 Å². The second-order valence-corrected chi connectivity index (χ2v) is 7.03. The molecule has 122 valence electrons. The lowest BCUT2D eigenvalue weighted by Crippen LogP contribution is -2.59. The zero-order chi connectivity index (χ0) is 16.2. The highest BCUT2D eigenvalue weighted by Gasteiger charge is 2.39. The Labute approximate surface area is 132 Å². The Hall–Kier alpha value is -1.75. The summed E-state index contributed by atoms with van der Waals surface area (Å²) in [7, 11) is 0. The van der Waals surface area contributed by atoms with Crippen molar-refractivity contribution < 1.29 is 14.6 Å². The van der Waals surface area contributed by atoms with Gasteiger partial charge in [-0.05, 0) is 57.7 Å². The minimum atomic E-state index is -0.478. The standard InChI is InChI=1S/C17H26N2O3/c1-16(2,3)22-15(21)19-17(9-4-10-17)12-18-11-13-5-7-14(20)8-6-13/h5-8,18,20H,4,9-12H2,1-3H3,(H,19,21). The molecule has 0 bridgehead atoms. The minimum Gasteiger partial charge on any atom is -0.508 e. The van der Waals surface area contributed by atoms with Gasteiger partial charge in [-0.3, -0.25) is 0 Å². The maximum absolute atomic E-state index is 11.9. The Bertz CT molecular complexity index is 502. The Morgan fingerprint density at radius 2 is 1.91 bits per heavy atom. The van der Waals surface area contributed by atoms with Crippen molar-refractivity contribution in [2.24, 2.45) is 0 Å². The molecule has 1 aliphatic carbocycles. The normalized spacial score (nSPS) is 16.7. The van der Waals surface area contributed by atoms with Crippen LogP contribution in [0.2, 0.25) is 0 Å². The van der Waals surface area contributed by atoms with E-state index in [1.54, 1.807) is 12.1 Å². The predicted octanol–water partition coefficient (Wildman–Crippen LogP) is 2.93. The molecule has 1 saturated carbocycles. The van der Waals surface area contributed by atoms with E-state index in [0.29, 0.717) is 13.1 Å². The van der Waals surface area contributed by atoms with Crippen LogP contribution in [0.5, 0.6) is 5.75 Å². The van der Waals surface area contributed by atoms with E-state index >= 15 is 0 Å². The summed E-state index contributed by atoms with van der Waals surface area (Å²) in [6, 6.07) is 7.12. The molecule has 0 aromatic heterocycles. The highest BCUT2D eigenvalue weighted by molar-refractivity contribution is 5.69. The monoisotopic (exact) mass is 306 g/mol. The first-order chi connectivity index (χ1) is 10.3. The molecule has 2 rings (SSSR count). The molecule has 22 heavy (non-hydrogen) atoms. The SMILES string of the molecule is CC(C)(C)OC(=O)NC1(CNCc2ccc(O)cc2)CCC1. The van der Waals surface area contributed by atoms with Gasteiger partial charge in [0.1, 0.15) is 11.4 Å². The smallest absolute Gasteiger partial charge is 0.408 e. The molecule has 0 unspecified atom stereocenters. The number of rotatable bonds is 5. The first kappa shape index (κ1) is 16.6. The predicted molar refractivity (Wildman–Crippen MR) is 85.8 cm³/mol. The van der Waals surface area contributed by atoms with Gasteiger partial charge in [0.2, 0.25) is 0 Å². The number of aromatic hydroxyl groups is 1. The van der Waals surface area contributed by atoms with E-state index < -0.39 is 5.60 Å². The van der Waals surface area contributed by atoms with Gasteiger partial charge in [-0.25, -0.2) is 4.79 Å². The highest BCUT2D eigenvalue weighted by atomic mass is 16.6. The van der Waals surface area contributed by atoms with Crippen molar-refractivity contribution in [2.45, 2.75) is 57.7 Å². The van der Waals surface area contributed by atoms with Crippen LogP contribution >= 0.6 is 0 Å². The summed E-state index contributed by atoms with van der Waals surface area (Å²) < 4.78 is 5.34. The summed E-state index contributed by atoms with van der Waals surface area (Å²) >= 11 is 0. The Kier molecular flexibility index (Phi) is 4.96. The fourth-order valence-electron chi connectivity index (χ4n) is 2.53. The second kappa shape index (κ2) is 6.57. The summed E-state index contributed by atoms with van der Waals surface area (Å²) in [6.45, 7) is 7.01. The van der Waals surface area contributed by atoms with Crippen molar-refractivity contribution in [3.8, 4) is 5.75 Å². The average Bonchev–Trinajstić information content (AvgIpc) is 2.36. The van der Waals surface area contributed by atoms with Crippen molar-refractivity contribution in [1.29, 1.82) is 0 Å². The van der Waals surface area contributed by atoms with Gasteiger partial charge in [0.05, 0.1) is 5.54 Å². The molecule has 5 nitrogen and oxygen atoms in total. The number of carbonyl (C=O) groups is 1. The summed E-state index contributed by atoms with van der Waals surface area (Å²) in [5, 5.41) is 15.7. The number of benzene rings is 1. The van der Waals surface area contributed by atoms with Crippen molar-refractivity contribution in [2.75, 3.05) is 6.54 Å². The van der Waals surface area contributed by atoms with E-state index in [1.165, 1.54) is 0 Å². The van der Waals surface area contributed by atoms with Gasteiger partial charge in [-0.2, -0.15) is 0 Å². The van der Waals surface area contributed by atoms with Crippen LogP contribution < -0.4 is 10.6 Å². The molecule has 1 aromatic rings. The molecule has 0 saturated heterocycles. The fraction of sp³-hybridized carbons (Fsp3) is 0.588. The molecule has 0 radical (unpaired) electrons. The molecular formula is C17H26N2O3. The fourth-order valence-corrected chi connectivity index (χ4v) is 2.53. The minimum absolute atomic E-state index is 0.195. The lowest BCUT2D eigenvalue weighted by Gasteiger charge is -2.42. The van der Waals surface area contributed by atoms with Crippen LogP contribution in [0.1, 0.15) is 45.6 Å². The van der Waals surface area contributed by atoms with Crippen LogP contribution in [0.25, 0.3) is 0 Å². The molecule has 0 heterocycles. The number of amides is 1. The highest BCUT2D eigenvalue weighted by Crippen LogP contribution is 2.31. The number of nitrogens with one attached hydrogen (secondary N) is 2. The van der Waals surface area contributed by atoms with E-state index in [-0.39, 0.29) is 17.4 Å².